The molecule has 1 rings (SSSR count). The minimum Gasteiger partial charge on any atom is -0.496 e. The van der Waals surface area contributed by atoms with Crippen molar-refractivity contribution in [1.29, 1.82) is 0 Å². The molecule has 6 heteroatoms. The van der Waals surface area contributed by atoms with Gasteiger partial charge in [-0.05, 0) is 32.0 Å². The van der Waals surface area contributed by atoms with Gasteiger partial charge in [0.25, 0.3) is 5.91 Å². The Bertz CT molecular complexity index is 468. The van der Waals surface area contributed by atoms with Crippen molar-refractivity contribution in [2.24, 2.45) is 0 Å². The van der Waals surface area contributed by atoms with E-state index in [1.165, 1.54) is 13.2 Å². The van der Waals surface area contributed by atoms with Crippen LogP contribution in [0.2, 0.25) is 0 Å². The van der Waals surface area contributed by atoms with Gasteiger partial charge in [-0.2, -0.15) is 0 Å². The summed E-state index contributed by atoms with van der Waals surface area (Å²) in [6, 6.07) is 2.99. The number of aliphatic hydroxyl groups is 2. The number of carbonyl (C=O) groups is 1. The fourth-order valence-corrected chi connectivity index (χ4v) is 1.89. The molecular weight excluding hydrogens is 253 g/mol. The van der Waals surface area contributed by atoms with Crippen LogP contribution < -0.4 is 4.74 Å². The molecule has 0 atom stereocenters. The molecule has 0 heterocycles. The van der Waals surface area contributed by atoms with Crippen molar-refractivity contribution in [3.63, 3.8) is 0 Å². The van der Waals surface area contributed by atoms with Crippen LogP contribution in [-0.4, -0.2) is 40.1 Å². The van der Waals surface area contributed by atoms with Gasteiger partial charge in [-0.25, -0.2) is 4.39 Å². The summed E-state index contributed by atoms with van der Waals surface area (Å²) in [5, 5.41) is 19.3. The first-order chi connectivity index (χ1) is 8.68. The second-order valence-electron chi connectivity index (χ2n) is 4.58. The zero-order valence-electron chi connectivity index (χ0n) is 11.3. The van der Waals surface area contributed by atoms with Crippen molar-refractivity contribution < 1.29 is 24.1 Å². The molecule has 0 bridgehead atoms. The Morgan fingerprint density at radius 3 is 2.42 bits per heavy atom. The summed E-state index contributed by atoms with van der Waals surface area (Å²) >= 11 is 0. The van der Waals surface area contributed by atoms with Gasteiger partial charge in [-0.1, -0.05) is 0 Å². The van der Waals surface area contributed by atoms with Gasteiger partial charge in [-0.3, -0.25) is 9.69 Å². The van der Waals surface area contributed by atoms with E-state index in [2.05, 4.69) is 0 Å². The number of benzene rings is 1. The fraction of sp³-hybridized carbons (Fsp3) is 0.462. The van der Waals surface area contributed by atoms with Gasteiger partial charge in [0.15, 0.2) is 0 Å². The molecule has 0 radical (unpaired) electrons. The van der Waals surface area contributed by atoms with E-state index >= 15 is 0 Å². The number of amides is 1. The van der Waals surface area contributed by atoms with Crippen molar-refractivity contribution in [1.82, 2.24) is 4.90 Å². The zero-order valence-corrected chi connectivity index (χ0v) is 11.3. The summed E-state index contributed by atoms with van der Waals surface area (Å²) < 4.78 is 18.2. The molecule has 0 unspecified atom stereocenters. The van der Waals surface area contributed by atoms with E-state index in [0.717, 1.165) is 24.0 Å². The quantitative estimate of drug-likeness (QED) is 0.811. The zero-order chi connectivity index (χ0) is 14.8. The summed E-state index contributed by atoms with van der Waals surface area (Å²) in [6.07, 6.45) is 0. The molecule has 2 N–H and O–H groups in total. The molecule has 5 nitrogen and oxygen atoms in total. The number of nitrogens with zero attached hydrogens (tertiary/aromatic N) is 1. The highest BCUT2D eigenvalue weighted by atomic mass is 19.1. The second kappa shape index (κ2) is 5.54. The average molecular weight is 271 g/mol. The van der Waals surface area contributed by atoms with Crippen molar-refractivity contribution in [2.75, 3.05) is 7.11 Å². The SMILES string of the molecule is COc1ccc(F)cc1C(=O)N(C(C)C)C(C)(O)O. The Balaban J connectivity index is 3.28. The molecule has 1 aromatic carbocycles. The fourth-order valence-electron chi connectivity index (χ4n) is 1.89. The Hall–Kier alpha value is -1.66. The smallest absolute Gasteiger partial charge is 0.262 e. The Morgan fingerprint density at radius 1 is 1.42 bits per heavy atom. The summed E-state index contributed by atoms with van der Waals surface area (Å²) in [7, 11) is 1.35. The van der Waals surface area contributed by atoms with E-state index in [-0.39, 0.29) is 11.3 Å². The number of hydrogen-bond acceptors (Lipinski definition) is 4. The second-order valence-corrected chi connectivity index (χ2v) is 4.58. The van der Waals surface area contributed by atoms with E-state index in [9.17, 15) is 19.4 Å². The van der Waals surface area contributed by atoms with E-state index in [4.69, 9.17) is 4.74 Å². The molecular formula is C13H18FNO4. The minimum absolute atomic E-state index is 0.0643. The topological polar surface area (TPSA) is 70.0 Å². The normalized spacial score (nSPS) is 11.6. The maximum absolute atomic E-state index is 13.3. The lowest BCUT2D eigenvalue weighted by Gasteiger charge is -2.35. The third-order valence-corrected chi connectivity index (χ3v) is 2.58. The summed E-state index contributed by atoms with van der Waals surface area (Å²) in [5.41, 5.74) is -0.0643. The monoisotopic (exact) mass is 271 g/mol. The third-order valence-electron chi connectivity index (χ3n) is 2.58. The van der Waals surface area contributed by atoms with Gasteiger partial charge in [-0.15, -0.1) is 0 Å². The first-order valence-corrected chi connectivity index (χ1v) is 5.80. The van der Waals surface area contributed by atoms with E-state index < -0.39 is 23.7 Å². The van der Waals surface area contributed by atoms with Crippen molar-refractivity contribution in [2.45, 2.75) is 32.7 Å². The highest BCUT2D eigenvalue weighted by Gasteiger charge is 2.35. The Kier molecular flexibility index (Phi) is 4.49. The van der Waals surface area contributed by atoms with E-state index in [1.54, 1.807) is 13.8 Å². The lowest BCUT2D eigenvalue weighted by molar-refractivity contribution is -0.238. The van der Waals surface area contributed by atoms with Gasteiger partial charge in [0.2, 0.25) is 5.91 Å². The maximum Gasteiger partial charge on any atom is 0.262 e. The van der Waals surface area contributed by atoms with Crippen LogP contribution >= 0.6 is 0 Å². The lowest BCUT2D eigenvalue weighted by Crippen LogP contribution is -2.53. The molecule has 0 aliphatic carbocycles. The van der Waals surface area contributed by atoms with Gasteiger partial charge >= 0.3 is 0 Å². The van der Waals surface area contributed by atoms with Crippen LogP contribution in [0, 0.1) is 5.82 Å². The summed E-state index contributed by atoms with van der Waals surface area (Å²) in [6.45, 7) is 4.30. The van der Waals surface area contributed by atoms with Crippen LogP contribution in [0.15, 0.2) is 18.2 Å². The van der Waals surface area contributed by atoms with E-state index in [1.807, 2.05) is 0 Å². The molecule has 0 aliphatic heterocycles. The molecule has 0 saturated carbocycles. The summed E-state index contributed by atoms with van der Waals surface area (Å²) in [4.78, 5) is 13.2. The standard InChI is InChI=1S/C13H18FNO4/c1-8(2)15(13(3,17)18)12(16)10-7-9(14)5-6-11(10)19-4/h5-8,17-18H,1-4H3. The van der Waals surface area contributed by atoms with Crippen LogP contribution in [0.1, 0.15) is 31.1 Å². The van der Waals surface area contributed by atoms with Gasteiger partial charge in [0.05, 0.1) is 12.7 Å². The van der Waals surface area contributed by atoms with Crippen LogP contribution in [0.25, 0.3) is 0 Å². The molecule has 0 fully saturated rings. The Morgan fingerprint density at radius 2 is 2.00 bits per heavy atom. The number of halogens is 1. The molecule has 0 saturated heterocycles. The number of rotatable bonds is 4. The molecule has 1 amide bonds. The number of methoxy groups -OCH3 is 1. The molecule has 106 valence electrons. The Labute approximate surface area is 111 Å². The van der Waals surface area contributed by atoms with E-state index in [0.29, 0.717) is 0 Å². The van der Waals surface area contributed by atoms with Crippen molar-refractivity contribution in [3.8, 4) is 5.75 Å². The highest BCUT2D eigenvalue weighted by molar-refractivity contribution is 5.97. The van der Waals surface area contributed by atoms with Crippen LogP contribution in [-0.2, 0) is 0 Å². The third kappa shape index (κ3) is 3.42. The molecule has 19 heavy (non-hydrogen) atoms. The van der Waals surface area contributed by atoms with Gasteiger partial charge in [0.1, 0.15) is 11.6 Å². The molecule has 0 spiro atoms. The van der Waals surface area contributed by atoms with Crippen molar-refractivity contribution in [3.05, 3.63) is 29.6 Å². The van der Waals surface area contributed by atoms with Crippen LogP contribution in [0.5, 0.6) is 5.75 Å². The molecule has 0 aromatic heterocycles. The average Bonchev–Trinajstić information content (AvgIpc) is 2.26. The van der Waals surface area contributed by atoms with Crippen molar-refractivity contribution >= 4 is 5.91 Å². The molecule has 1 aromatic rings. The highest BCUT2D eigenvalue weighted by Crippen LogP contribution is 2.24. The minimum atomic E-state index is -2.34. The lowest BCUT2D eigenvalue weighted by atomic mass is 10.1. The van der Waals surface area contributed by atoms with Gasteiger partial charge in [0, 0.05) is 13.0 Å². The predicted octanol–water partition coefficient (Wildman–Crippen LogP) is 1.34. The van der Waals surface area contributed by atoms with Crippen LogP contribution in [0.4, 0.5) is 4.39 Å². The first kappa shape index (κ1) is 15.4. The number of carbonyl (C=O) groups excluding carboxylic acids is 1. The van der Waals surface area contributed by atoms with Crippen LogP contribution in [0.3, 0.4) is 0 Å². The largest absolute Gasteiger partial charge is 0.496 e. The first-order valence-electron chi connectivity index (χ1n) is 5.80. The predicted molar refractivity (Wildman–Crippen MR) is 67.1 cm³/mol. The molecule has 0 aliphatic rings. The summed E-state index contributed by atoms with van der Waals surface area (Å²) in [5.74, 6) is -3.51. The van der Waals surface area contributed by atoms with Gasteiger partial charge < -0.3 is 14.9 Å². The number of hydrogen-bond donors (Lipinski definition) is 2. The maximum atomic E-state index is 13.3. The number of ether oxygens (including phenoxy) is 1.